The average Bonchev–Trinajstić information content (AvgIpc) is 2.68. The van der Waals surface area contributed by atoms with Crippen LogP contribution in [0.15, 0.2) is 0 Å². The zero-order chi connectivity index (χ0) is 23.3. The standard InChI is InChI=1S/C21H40N4O6/c1-5-22-6-8-23(15-30-17-26)10-11-25(16-31-18-27)19(12-21(2,3)4)13-24(9-7-22)14-20(28)29/h17-19H,5-16H2,1-4H3,(H,28,29). The van der Waals surface area contributed by atoms with E-state index in [4.69, 9.17) is 9.47 Å². The van der Waals surface area contributed by atoms with E-state index in [9.17, 15) is 19.5 Å². The van der Waals surface area contributed by atoms with E-state index >= 15 is 0 Å². The fourth-order valence-electron chi connectivity index (χ4n) is 3.86. The van der Waals surface area contributed by atoms with E-state index in [1.807, 2.05) is 4.90 Å². The zero-order valence-electron chi connectivity index (χ0n) is 19.5. The molecule has 1 atom stereocenters. The van der Waals surface area contributed by atoms with Gasteiger partial charge in [0.15, 0.2) is 0 Å². The van der Waals surface area contributed by atoms with Gasteiger partial charge in [0.25, 0.3) is 12.9 Å². The highest BCUT2D eigenvalue weighted by Gasteiger charge is 2.28. The Morgan fingerprint density at radius 3 is 2.03 bits per heavy atom. The topological polar surface area (TPSA) is 103 Å². The molecular weight excluding hydrogens is 404 g/mol. The van der Waals surface area contributed by atoms with Crippen LogP contribution in [0.3, 0.4) is 0 Å². The van der Waals surface area contributed by atoms with Gasteiger partial charge in [-0.3, -0.25) is 29.1 Å². The number of carboxylic acid groups (broad SMARTS) is 1. The third-order valence-electron chi connectivity index (χ3n) is 5.44. The van der Waals surface area contributed by atoms with Crippen molar-refractivity contribution in [2.75, 3.05) is 72.4 Å². The molecule has 0 saturated carbocycles. The van der Waals surface area contributed by atoms with E-state index < -0.39 is 5.97 Å². The van der Waals surface area contributed by atoms with Crippen molar-refractivity contribution in [1.29, 1.82) is 0 Å². The molecule has 1 rings (SSSR count). The normalized spacial score (nSPS) is 21.6. The maximum Gasteiger partial charge on any atom is 0.317 e. The van der Waals surface area contributed by atoms with E-state index in [0.717, 1.165) is 26.1 Å². The summed E-state index contributed by atoms with van der Waals surface area (Å²) in [6.07, 6.45) is 0.813. The number of aliphatic carboxylic acids is 1. The van der Waals surface area contributed by atoms with Crippen LogP contribution in [-0.2, 0) is 23.9 Å². The van der Waals surface area contributed by atoms with E-state index in [1.54, 1.807) is 0 Å². The van der Waals surface area contributed by atoms with Gasteiger partial charge in [-0.15, -0.1) is 0 Å². The van der Waals surface area contributed by atoms with Crippen LogP contribution in [0.2, 0.25) is 0 Å². The molecule has 31 heavy (non-hydrogen) atoms. The van der Waals surface area contributed by atoms with Gasteiger partial charge in [0.2, 0.25) is 0 Å². The van der Waals surface area contributed by atoms with Gasteiger partial charge in [-0.25, -0.2) is 0 Å². The number of hydrogen-bond donors (Lipinski definition) is 1. The van der Waals surface area contributed by atoms with Crippen LogP contribution in [-0.4, -0.2) is 122 Å². The van der Waals surface area contributed by atoms with Gasteiger partial charge in [0.05, 0.1) is 6.54 Å². The molecule has 1 saturated heterocycles. The van der Waals surface area contributed by atoms with E-state index in [1.165, 1.54) is 0 Å². The molecule has 0 aromatic rings. The van der Waals surface area contributed by atoms with Crippen molar-refractivity contribution in [2.24, 2.45) is 5.41 Å². The summed E-state index contributed by atoms with van der Waals surface area (Å²) in [4.78, 5) is 41.5. The highest BCUT2D eigenvalue weighted by Crippen LogP contribution is 2.24. The van der Waals surface area contributed by atoms with Gasteiger partial charge >= 0.3 is 5.97 Å². The number of likely N-dealkylation sites (N-methyl/N-ethyl adjacent to an activating group) is 1. The van der Waals surface area contributed by atoms with Gasteiger partial charge in [0, 0.05) is 51.9 Å². The van der Waals surface area contributed by atoms with Gasteiger partial charge < -0.3 is 19.5 Å². The first-order valence-corrected chi connectivity index (χ1v) is 10.9. The minimum Gasteiger partial charge on any atom is -0.480 e. The summed E-state index contributed by atoms with van der Waals surface area (Å²) in [5.41, 5.74) is 0.00578. The Kier molecular flexibility index (Phi) is 12.6. The van der Waals surface area contributed by atoms with Crippen LogP contribution < -0.4 is 0 Å². The lowest BCUT2D eigenvalue weighted by Crippen LogP contribution is -2.52. The summed E-state index contributed by atoms with van der Waals surface area (Å²) in [7, 11) is 0. The molecule has 0 radical (unpaired) electrons. The summed E-state index contributed by atoms with van der Waals surface area (Å²) in [5, 5.41) is 9.43. The van der Waals surface area contributed by atoms with Crippen molar-refractivity contribution in [2.45, 2.75) is 40.2 Å². The van der Waals surface area contributed by atoms with Crippen molar-refractivity contribution in [3.05, 3.63) is 0 Å². The summed E-state index contributed by atoms with van der Waals surface area (Å²) >= 11 is 0. The molecule has 1 fully saturated rings. The molecule has 1 aliphatic rings. The SMILES string of the molecule is CCN1CCN(COC=O)CCN(COC=O)C(CC(C)(C)C)CN(CC(=O)O)CC1. The summed E-state index contributed by atoms with van der Waals surface area (Å²) in [6, 6.07) is 0.00245. The lowest BCUT2D eigenvalue weighted by Gasteiger charge is -2.39. The molecule has 0 aromatic carbocycles. The lowest BCUT2D eigenvalue weighted by atomic mass is 9.87. The molecule has 0 aliphatic carbocycles. The predicted octanol–water partition coefficient (Wildman–Crippen LogP) is 0.378. The van der Waals surface area contributed by atoms with E-state index in [-0.39, 0.29) is 31.5 Å². The highest BCUT2D eigenvalue weighted by molar-refractivity contribution is 5.69. The van der Waals surface area contributed by atoms with Crippen LogP contribution >= 0.6 is 0 Å². The molecule has 1 N–H and O–H groups in total. The Bertz CT molecular complexity index is 542. The molecule has 10 heteroatoms. The van der Waals surface area contributed by atoms with Crippen molar-refractivity contribution in [3.8, 4) is 0 Å². The van der Waals surface area contributed by atoms with Crippen molar-refractivity contribution < 1.29 is 29.0 Å². The van der Waals surface area contributed by atoms with Crippen LogP contribution in [0, 0.1) is 5.41 Å². The maximum atomic E-state index is 11.5. The second-order valence-corrected chi connectivity index (χ2v) is 9.20. The number of hydrogen-bond acceptors (Lipinski definition) is 9. The number of carboxylic acids is 1. The smallest absolute Gasteiger partial charge is 0.317 e. The minimum atomic E-state index is -0.850. The van der Waals surface area contributed by atoms with Crippen LogP contribution in [0.5, 0.6) is 0 Å². The third kappa shape index (κ3) is 12.0. The van der Waals surface area contributed by atoms with Crippen molar-refractivity contribution in [1.82, 2.24) is 19.6 Å². The largest absolute Gasteiger partial charge is 0.480 e. The molecule has 1 aliphatic heterocycles. The fourth-order valence-corrected chi connectivity index (χ4v) is 3.86. The molecule has 0 spiro atoms. The summed E-state index contributed by atoms with van der Waals surface area (Å²) < 4.78 is 10.1. The predicted molar refractivity (Wildman–Crippen MR) is 116 cm³/mol. The zero-order valence-corrected chi connectivity index (χ0v) is 19.5. The van der Waals surface area contributed by atoms with E-state index in [0.29, 0.717) is 45.7 Å². The highest BCUT2D eigenvalue weighted by atomic mass is 16.5. The molecule has 1 unspecified atom stereocenters. The Labute approximate surface area is 186 Å². The van der Waals surface area contributed by atoms with Crippen molar-refractivity contribution in [3.63, 3.8) is 0 Å². The van der Waals surface area contributed by atoms with Crippen LogP contribution in [0.25, 0.3) is 0 Å². The summed E-state index contributed by atoms with van der Waals surface area (Å²) in [5.74, 6) is -0.850. The first-order valence-electron chi connectivity index (χ1n) is 10.9. The Morgan fingerprint density at radius 1 is 0.935 bits per heavy atom. The first kappa shape index (κ1) is 27.3. The van der Waals surface area contributed by atoms with Gasteiger partial charge in [-0.05, 0) is 18.4 Å². The van der Waals surface area contributed by atoms with Gasteiger partial charge in [-0.2, -0.15) is 0 Å². The number of rotatable bonds is 10. The number of carbonyl (C=O) groups is 3. The maximum absolute atomic E-state index is 11.5. The Balaban J connectivity index is 3.14. The molecule has 0 amide bonds. The van der Waals surface area contributed by atoms with Gasteiger partial charge in [0.1, 0.15) is 13.5 Å². The van der Waals surface area contributed by atoms with Crippen LogP contribution in [0.1, 0.15) is 34.1 Å². The Hall–Kier alpha value is -1.75. The molecular formula is C21H40N4O6. The number of ether oxygens (including phenoxy) is 2. The monoisotopic (exact) mass is 444 g/mol. The molecule has 1 heterocycles. The average molecular weight is 445 g/mol. The molecule has 0 aromatic heterocycles. The molecule has 10 nitrogen and oxygen atoms in total. The van der Waals surface area contributed by atoms with E-state index in [2.05, 4.69) is 42.4 Å². The molecule has 0 bridgehead atoms. The quantitative estimate of drug-likeness (QED) is 0.476. The van der Waals surface area contributed by atoms with Crippen LogP contribution in [0.4, 0.5) is 0 Å². The first-order chi connectivity index (χ1) is 14.7. The number of carbonyl (C=O) groups excluding carboxylic acids is 2. The second kappa shape index (κ2) is 14.3. The van der Waals surface area contributed by atoms with Crippen molar-refractivity contribution >= 4 is 18.9 Å². The third-order valence-corrected chi connectivity index (χ3v) is 5.44. The number of nitrogens with zero attached hydrogens (tertiary/aromatic N) is 4. The van der Waals surface area contributed by atoms with Gasteiger partial charge in [-0.1, -0.05) is 27.7 Å². The fraction of sp³-hybridized carbons (Fsp3) is 0.857. The minimum absolute atomic E-state index is 0.00245. The second-order valence-electron chi connectivity index (χ2n) is 9.20. The lowest BCUT2D eigenvalue weighted by molar-refractivity contribution is -0.139. The summed E-state index contributed by atoms with van der Waals surface area (Å²) in [6.45, 7) is 15.3. The Morgan fingerprint density at radius 2 is 1.48 bits per heavy atom. The molecule has 180 valence electrons.